The van der Waals surface area contributed by atoms with Crippen molar-refractivity contribution in [3.05, 3.63) is 23.8 Å². The fourth-order valence-corrected chi connectivity index (χ4v) is 2.19. The lowest BCUT2D eigenvalue weighted by Gasteiger charge is -2.21. The van der Waals surface area contributed by atoms with Gasteiger partial charge in [-0.25, -0.2) is 0 Å². The van der Waals surface area contributed by atoms with Crippen LogP contribution in [0.15, 0.2) is 18.2 Å². The van der Waals surface area contributed by atoms with Crippen LogP contribution in [0.25, 0.3) is 0 Å². The molecule has 19 heavy (non-hydrogen) atoms. The van der Waals surface area contributed by atoms with Gasteiger partial charge >= 0.3 is 0 Å². The van der Waals surface area contributed by atoms with Crippen LogP contribution < -0.4 is 14.8 Å². The largest absolute Gasteiger partial charge is 0.497 e. The van der Waals surface area contributed by atoms with Crippen LogP contribution in [0.5, 0.6) is 11.5 Å². The molecule has 1 atom stereocenters. The molecule has 1 N–H and O–H groups in total. The first kappa shape index (κ1) is 14.1. The van der Waals surface area contributed by atoms with E-state index in [1.165, 1.54) is 0 Å². The lowest BCUT2D eigenvalue weighted by atomic mass is 10.0. The van der Waals surface area contributed by atoms with Crippen molar-refractivity contribution in [3.8, 4) is 11.5 Å². The molecule has 2 rings (SSSR count). The molecule has 1 aliphatic heterocycles. The Hall–Kier alpha value is -1.30. The number of hydrogen-bond acceptors (Lipinski definition) is 5. The maximum atomic E-state index is 5.50. The van der Waals surface area contributed by atoms with E-state index in [9.17, 15) is 0 Å². The standard InChI is InChI=1S/C14H21NO4/c1-15-13(9-14-18-4-5-19-14)10-6-11(16-2)8-12(7-10)17-3/h6-8,13-15H,4-5,9H2,1-3H3. The number of methoxy groups -OCH3 is 2. The number of rotatable bonds is 6. The molecule has 1 unspecified atom stereocenters. The zero-order chi connectivity index (χ0) is 13.7. The fraction of sp³-hybridized carbons (Fsp3) is 0.571. The highest BCUT2D eigenvalue weighted by atomic mass is 16.7. The summed E-state index contributed by atoms with van der Waals surface area (Å²) >= 11 is 0. The minimum absolute atomic E-state index is 0.132. The van der Waals surface area contributed by atoms with Crippen LogP contribution in [0.3, 0.4) is 0 Å². The van der Waals surface area contributed by atoms with E-state index in [0.29, 0.717) is 13.2 Å². The number of hydrogen-bond donors (Lipinski definition) is 1. The summed E-state index contributed by atoms with van der Waals surface area (Å²) in [5.41, 5.74) is 1.10. The second-order valence-electron chi connectivity index (χ2n) is 4.39. The smallest absolute Gasteiger partial charge is 0.159 e. The SMILES string of the molecule is CNC(CC1OCCO1)c1cc(OC)cc(OC)c1. The van der Waals surface area contributed by atoms with E-state index in [1.807, 2.05) is 25.2 Å². The van der Waals surface area contributed by atoms with E-state index in [-0.39, 0.29) is 12.3 Å². The van der Waals surface area contributed by atoms with Gasteiger partial charge in [-0.05, 0) is 24.7 Å². The van der Waals surface area contributed by atoms with Gasteiger partial charge in [-0.2, -0.15) is 0 Å². The van der Waals surface area contributed by atoms with Crippen molar-refractivity contribution in [1.82, 2.24) is 5.32 Å². The topological polar surface area (TPSA) is 49.0 Å². The van der Waals surface area contributed by atoms with Crippen LogP contribution in [0.4, 0.5) is 0 Å². The molecule has 106 valence electrons. The summed E-state index contributed by atoms with van der Waals surface area (Å²) in [6, 6.07) is 5.99. The van der Waals surface area contributed by atoms with Gasteiger partial charge in [0.15, 0.2) is 6.29 Å². The summed E-state index contributed by atoms with van der Waals surface area (Å²) in [5.74, 6) is 1.56. The highest BCUT2D eigenvalue weighted by molar-refractivity contribution is 5.39. The maximum absolute atomic E-state index is 5.50. The molecular formula is C14H21NO4. The first-order valence-corrected chi connectivity index (χ1v) is 6.40. The van der Waals surface area contributed by atoms with Crippen molar-refractivity contribution in [2.24, 2.45) is 0 Å². The molecule has 1 aromatic carbocycles. The molecule has 1 saturated heterocycles. The van der Waals surface area contributed by atoms with Crippen LogP contribution >= 0.6 is 0 Å². The monoisotopic (exact) mass is 267 g/mol. The highest BCUT2D eigenvalue weighted by Gasteiger charge is 2.22. The number of benzene rings is 1. The molecule has 0 spiro atoms. The molecule has 0 bridgehead atoms. The van der Waals surface area contributed by atoms with Gasteiger partial charge in [-0.1, -0.05) is 0 Å². The fourth-order valence-electron chi connectivity index (χ4n) is 2.19. The third kappa shape index (κ3) is 3.59. The van der Waals surface area contributed by atoms with E-state index in [1.54, 1.807) is 14.2 Å². The summed E-state index contributed by atoms with van der Waals surface area (Å²) < 4.78 is 21.6. The third-order valence-electron chi connectivity index (χ3n) is 3.24. The van der Waals surface area contributed by atoms with E-state index in [0.717, 1.165) is 23.5 Å². The van der Waals surface area contributed by atoms with Gasteiger partial charge in [0.25, 0.3) is 0 Å². The van der Waals surface area contributed by atoms with Crippen LogP contribution in [0.1, 0.15) is 18.0 Å². The van der Waals surface area contributed by atoms with Crippen molar-refractivity contribution in [2.45, 2.75) is 18.8 Å². The molecule has 0 aromatic heterocycles. The molecule has 0 aliphatic carbocycles. The Labute approximate surface area is 113 Å². The lowest BCUT2D eigenvalue weighted by molar-refractivity contribution is -0.0526. The van der Waals surface area contributed by atoms with Gasteiger partial charge < -0.3 is 24.3 Å². The van der Waals surface area contributed by atoms with Gasteiger partial charge in [-0.3, -0.25) is 0 Å². The third-order valence-corrected chi connectivity index (χ3v) is 3.24. The molecule has 1 fully saturated rings. The zero-order valence-electron chi connectivity index (χ0n) is 11.6. The predicted molar refractivity (Wildman–Crippen MR) is 71.7 cm³/mol. The Morgan fingerprint density at radius 3 is 2.21 bits per heavy atom. The summed E-state index contributed by atoms with van der Waals surface area (Å²) in [6.07, 6.45) is 0.613. The molecule has 5 nitrogen and oxygen atoms in total. The first-order valence-electron chi connectivity index (χ1n) is 6.40. The van der Waals surface area contributed by atoms with E-state index < -0.39 is 0 Å². The Kier molecular flexibility index (Phi) is 5.01. The lowest BCUT2D eigenvalue weighted by Crippen LogP contribution is -2.23. The van der Waals surface area contributed by atoms with Crippen LogP contribution in [0.2, 0.25) is 0 Å². The normalized spacial score (nSPS) is 17.4. The van der Waals surface area contributed by atoms with Gasteiger partial charge in [0.2, 0.25) is 0 Å². The molecule has 5 heteroatoms. The molecular weight excluding hydrogens is 246 g/mol. The molecule has 1 heterocycles. The minimum atomic E-state index is -0.144. The number of nitrogens with one attached hydrogen (secondary N) is 1. The van der Waals surface area contributed by atoms with E-state index in [4.69, 9.17) is 18.9 Å². The van der Waals surface area contributed by atoms with Gasteiger partial charge in [0.05, 0.1) is 27.4 Å². The number of ether oxygens (including phenoxy) is 4. The second-order valence-corrected chi connectivity index (χ2v) is 4.39. The van der Waals surface area contributed by atoms with Crippen LogP contribution in [-0.4, -0.2) is 40.8 Å². The molecule has 0 radical (unpaired) electrons. The quantitative estimate of drug-likeness (QED) is 0.850. The van der Waals surface area contributed by atoms with E-state index >= 15 is 0 Å². The zero-order valence-corrected chi connectivity index (χ0v) is 11.6. The van der Waals surface area contributed by atoms with Gasteiger partial charge in [-0.15, -0.1) is 0 Å². The second kappa shape index (κ2) is 6.75. The highest BCUT2D eigenvalue weighted by Crippen LogP contribution is 2.29. The van der Waals surface area contributed by atoms with E-state index in [2.05, 4.69) is 5.32 Å². The maximum Gasteiger partial charge on any atom is 0.159 e. The van der Waals surface area contributed by atoms with Crippen molar-refractivity contribution < 1.29 is 18.9 Å². The average molecular weight is 267 g/mol. The summed E-state index contributed by atoms with van der Waals surface area (Å²) in [7, 11) is 5.22. The average Bonchev–Trinajstić information content (AvgIpc) is 2.97. The summed E-state index contributed by atoms with van der Waals surface area (Å²) in [4.78, 5) is 0. The van der Waals surface area contributed by atoms with Crippen LogP contribution in [-0.2, 0) is 9.47 Å². The summed E-state index contributed by atoms with van der Waals surface area (Å²) in [6.45, 7) is 1.34. The van der Waals surface area contributed by atoms with Crippen molar-refractivity contribution in [2.75, 3.05) is 34.5 Å². The Morgan fingerprint density at radius 1 is 1.16 bits per heavy atom. The predicted octanol–water partition coefficient (Wildman–Crippen LogP) is 1.73. The summed E-state index contributed by atoms with van der Waals surface area (Å²) in [5, 5.41) is 3.28. The van der Waals surface area contributed by atoms with Gasteiger partial charge in [0.1, 0.15) is 11.5 Å². The van der Waals surface area contributed by atoms with Crippen molar-refractivity contribution in [1.29, 1.82) is 0 Å². The Morgan fingerprint density at radius 2 is 1.74 bits per heavy atom. The molecule has 0 amide bonds. The Bertz CT molecular complexity index is 382. The van der Waals surface area contributed by atoms with Crippen LogP contribution in [0, 0.1) is 0 Å². The molecule has 1 aromatic rings. The molecule has 0 saturated carbocycles. The molecule has 1 aliphatic rings. The van der Waals surface area contributed by atoms with Gasteiger partial charge in [0, 0.05) is 18.5 Å². The van der Waals surface area contributed by atoms with Crippen molar-refractivity contribution >= 4 is 0 Å². The first-order chi connectivity index (χ1) is 9.26. The Balaban J connectivity index is 2.15. The minimum Gasteiger partial charge on any atom is -0.497 e. The van der Waals surface area contributed by atoms with Crippen molar-refractivity contribution in [3.63, 3.8) is 0 Å².